The normalized spacial score (nSPS) is 31.6. The van der Waals surface area contributed by atoms with Gasteiger partial charge in [-0.3, -0.25) is 18.3 Å². The summed E-state index contributed by atoms with van der Waals surface area (Å²) < 4.78 is 70.3. The second kappa shape index (κ2) is 14.9. The topological polar surface area (TPSA) is 232 Å². The van der Waals surface area contributed by atoms with E-state index in [0.29, 0.717) is 47.1 Å². The van der Waals surface area contributed by atoms with Crippen LogP contribution in [0.25, 0.3) is 22.3 Å². The first-order valence-electron chi connectivity index (χ1n) is 15.7. The van der Waals surface area contributed by atoms with Crippen LogP contribution in [0.4, 0.5) is 16.0 Å². The fraction of sp³-hybridized carbons (Fsp3) is 0.556. The first kappa shape index (κ1) is 36.6. The molecule has 4 aromatic rings. The molecule has 0 aliphatic carbocycles. The molecule has 4 N–H and O–H groups in total. The molecular weight excluding hydrogens is 753 g/mol. The molecule has 7 rings (SSSR count). The van der Waals surface area contributed by atoms with Crippen LogP contribution in [0.15, 0.2) is 37.5 Å². The number of anilines is 2. The van der Waals surface area contributed by atoms with Gasteiger partial charge in [-0.2, -0.15) is 0 Å². The van der Waals surface area contributed by atoms with Gasteiger partial charge in [0.15, 0.2) is 45.9 Å². The molecule has 0 aromatic carbocycles. The van der Waals surface area contributed by atoms with Crippen LogP contribution in [0.3, 0.4) is 0 Å². The predicted octanol–water partition coefficient (Wildman–Crippen LogP) is 1.91. The zero-order valence-corrected chi connectivity index (χ0v) is 30.6. The Balaban J connectivity index is 0.996. The number of nitrogens with one attached hydrogen (secondary N) is 2. The smallest absolute Gasteiger partial charge is 0.243 e. The van der Waals surface area contributed by atoms with Crippen LogP contribution in [0.1, 0.15) is 19.6 Å². The molecule has 24 heteroatoms. The van der Waals surface area contributed by atoms with Gasteiger partial charge >= 0.3 is 0 Å². The first-order valence-corrected chi connectivity index (χ1v) is 20.9. The van der Waals surface area contributed by atoms with Crippen LogP contribution in [-0.2, 0) is 38.1 Å². The molecule has 51 heavy (non-hydrogen) atoms. The minimum Gasteiger partial charge on any atom is -0.394 e. The largest absolute Gasteiger partial charge is 0.394 e. The molecule has 3 aliphatic rings. The van der Waals surface area contributed by atoms with Crippen molar-refractivity contribution in [1.82, 2.24) is 39.0 Å². The van der Waals surface area contributed by atoms with Crippen molar-refractivity contribution in [3.05, 3.63) is 37.5 Å². The molecule has 3 fully saturated rings. The number of nitrogens with zero attached hydrogens (tertiary/aromatic N) is 8. The van der Waals surface area contributed by atoms with Crippen molar-refractivity contribution in [3.8, 4) is 0 Å². The molecule has 4 aromatic heterocycles. The lowest BCUT2D eigenvalue weighted by Crippen LogP contribution is -2.49. The first-order chi connectivity index (χ1) is 24.6. The number of imidazole rings is 2. The van der Waals surface area contributed by atoms with Crippen LogP contribution >= 0.6 is 39.0 Å². The highest BCUT2D eigenvalue weighted by atomic mass is 32.7. The Morgan fingerprint density at radius 2 is 1.63 bits per heavy atom. The number of ether oxygens (including phenoxy) is 3. The van der Waals surface area contributed by atoms with Crippen molar-refractivity contribution in [2.75, 3.05) is 43.6 Å². The maximum absolute atomic E-state index is 14.6. The van der Waals surface area contributed by atoms with E-state index in [-0.39, 0.29) is 6.42 Å². The van der Waals surface area contributed by atoms with Crippen molar-refractivity contribution in [1.29, 1.82) is 0 Å². The van der Waals surface area contributed by atoms with Gasteiger partial charge in [0.05, 0.1) is 38.1 Å². The number of aliphatic hydroxyl groups is 2. The summed E-state index contributed by atoms with van der Waals surface area (Å²) in [6.45, 7) is 0.631. The minimum absolute atomic E-state index is 0.0405. The van der Waals surface area contributed by atoms with Gasteiger partial charge in [0.2, 0.25) is 14.5 Å². The number of alkyl halides is 1. The Hall–Kier alpha value is -2.75. The zero-order valence-electron chi connectivity index (χ0n) is 26.8. The summed E-state index contributed by atoms with van der Waals surface area (Å²) in [5, 5.41) is 26.4. The number of fused-ring (bicyclic) bond motifs is 4. The number of aromatic nitrogens is 8. The third kappa shape index (κ3) is 6.58. The van der Waals surface area contributed by atoms with Crippen LogP contribution < -0.4 is 10.6 Å². The Morgan fingerprint density at radius 3 is 2.25 bits per heavy atom. The SMILES string of the molecule is C[C@@H]1O[C@H]2[C@H](n3cnc4c(NC/C=C/CNc5ncnc6c5ncn6[C@@]5(CF)C[C@H](O[PH](=O)S)[C@@H](CO)O5)ncnc43)O[C@]1(CO)[C@H]2O[PH](=O)S. The molecule has 7 heterocycles. The van der Waals surface area contributed by atoms with Crippen LogP contribution in [0.5, 0.6) is 0 Å². The second-order valence-electron chi connectivity index (χ2n) is 12.0. The van der Waals surface area contributed by atoms with Gasteiger partial charge in [0, 0.05) is 19.5 Å². The number of rotatable bonds is 15. The summed E-state index contributed by atoms with van der Waals surface area (Å²) in [6, 6.07) is 0. The summed E-state index contributed by atoms with van der Waals surface area (Å²) in [4.78, 5) is 26.2. The molecule has 0 radical (unpaired) electrons. The lowest BCUT2D eigenvalue weighted by atomic mass is 9.94. The number of thiol groups is 2. The third-order valence-corrected chi connectivity index (χ3v) is 10.8. The van der Waals surface area contributed by atoms with Crippen molar-refractivity contribution in [3.63, 3.8) is 0 Å². The maximum atomic E-state index is 14.6. The Labute approximate surface area is 300 Å². The predicted molar refractivity (Wildman–Crippen MR) is 187 cm³/mol. The average molecular weight is 789 g/mol. The van der Waals surface area contributed by atoms with Gasteiger partial charge in [0.1, 0.15) is 43.2 Å². The van der Waals surface area contributed by atoms with Crippen molar-refractivity contribution in [2.24, 2.45) is 0 Å². The van der Waals surface area contributed by atoms with E-state index in [1.807, 2.05) is 12.2 Å². The van der Waals surface area contributed by atoms with E-state index < -0.39 is 82.4 Å². The summed E-state index contributed by atoms with van der Waals surface area (Å²) in [7, 11) is -5.32. The molecule has 3 saturated heterocycles. The van der Waals surface area contributed by atoms with Gasteiger partial charge in [0.25, 0.3) is 0 Å². The molecule has 19 nitrogen and oxygen atoms in total. The number of hydrogen-bond acceptors (Lipinski definition) is 17. The molecule has 3 aliphatic heterocycles. The minimum atomic E-state index is -2.67. The highest BCUT2D eigenvalue weighted by Gasteiger charge is 2.67. The van der Waals surface area contributed by atoms with Crippen LogP contribution in [0, 0.1) is 0 Å². The lowest BCUT2D eigenvalue weighted by molar-refractivity contribution is -0.216. The number of aliphatic hydroxyl groups excluding tert-OH is 2. The molecule has 0 spiro atoms. The third-order valence-electron chi connectivity index (χ3n) is 9.22. The monoisotopic (exact) mass is 788 g/mol. The van der Waals surface area contributed by atoms with E-state index >= 15 is 0 Å². The van der Waals surface area contributed by atoms with E-state index in [2.05, 4.69) is 65.0 Å². The van der Waals surface area contributed by atoms with Gasteiger partial charge in [-0.25, -0.2) is 34.3 Å². The van der Waals surface area contributed by atoms with Crippen molar-refractivity contribution < 1.29 is 47.0 Å². The quantitative estimate of drug-likeness (QED) is 0.0574. The standard InChI is InChI=1S/C27H35FN10O9P2S2/c1-14-27(9-40)20(47-49(42)51)19(43-14)25(45-27)37-12-35-17-21(31-10-33-23(17)37)29-4-2-3-5-30-22-18-24(34-11-32-22)38(13-36-18)26(8-28)6-15(46-48(41)50)16(7-39)44-26/h2-3,10-16,19-20,25,39-40,48-49H,4-9H2,1H3,(H,41,50)(H,42,51)(H,29,31,33)(H,30,32,34)/b3-2+/t14-,15-,16+,19+,20-,25+,26-,27-/m0/s1. The molecular formula is C27H35FN10O9P2S2. The van der Waals surface area contributed by atoms with Crippen molar-refractivity contribution in [2.45, 2.75) is 61.4 Å². The maximum Gasteiger partial charge on any atom is 0.243 e. The van der Waals surface area contributed by atoms with Gasteiger partial charge in [-0.15, -0.1) is 0 Å². The molecule has 0 amide bonds. The van der Waals surface area contributed by atoms with Crippen molar-refractivity contribution >= 4 is 72.9 Å². The summed E-state index contributed by atoms with van der Waals surface area (Å²) in [5.41, 5.74) is -1.21. The Kier molecular flexibility index (Phi) is 10.7. The Bertz CT molecular complexity index is 1980. The number of hydrogen-bond donors (Lipinski definition) is 6. The molecule has 2 bridgehead atoms. The Morgan fingerprint density at radius 1 is 0.980 bits per heavy atom. The van der Waals surface area contributed by atoms with E-state index in [4.69, 9.17) is 23.3 Å². The second-order valence-corrected chi connectivity index (χ2v) is 15.7. The zero-order chi connectivity index (χ0) is 35.9. The molecule has 10 atom stereocenters. The molecule has 0 saturated carbocycles. The summed E-state index contributed by atoms with van der Waals surface area (Å²) in [6.07, 6.45) is 4.79. The van der Waals surface area contributed by atoms with Gasteiger partial charge < -0.3 is 44.1 Å². The fourth-order valence-corrected chi connectivity index (χ4v) is 8.61. The van der Waals surface area contributed by atoms with E-state index in [1.54, 1.807) is 11.5 Å². The highest BCUT2D eigenvalue weighted by molar-refractivity contribution is 8.39. The van der Waals surface area contributed by atoms with Crippen LogP contribution in [-0.4, -0.2) is 118 Å². The molecule has 276 valence electrons. The molecule has 2 unspecified atom stereocenters. The van der Waals surface area contributed by atoms with Gasteiger partial charge in [-0.1, -0.05) is 36.6 Å². The number of halogens is 1. The fourth-order valence-electron chi connectivity index (χ4n) is 6.82. The highest BCUT2D eigenvalue weighted by Crippen LogP contribution is 2.53. The van der Waals surface area contributed by atoms with Gasteiger partial charge in [-0.05, 0) is 6.92 Å². The van der Waals surface area contributed by atoms with Crippen LogP contribution in [0.2, 0.25) is 0 Å². The summed E-state index contributed by atoms with van der Waals surface area (Å²) >= 11 is 7.73. The summed E-state index contributed by atoms with van der Waals surface area (Å²) in [5.74, 6) is 0.868. The lowest BCUT2D eigenvalue weighted by Gasteiger charge is -2.34. The average Bonchev–Trinajstić information content (AvgIpc) is 3.93. The van der Waals surface area contributed by atoms with E-state index in [1.165, 1.54) is 29.9 Å². The van der Waals surface area contributed by atoms with E-state index in [0.717, 1.165) is 0 Å². The van der Waals surface area contributed by atoms with E-state index in [9.17, 15) is 23.7 Å².